The van der Waals surface area contributed by atoms with Crippen LogP contribution in [0.5, 0.6) is 0 Å². The number of carbonyl (C=O) groups excluding carboxylic acids is 1. The van der Waals surface area contributed by atoms with E-state index in [4.69, 9.17) is 0 Å². The number of nitrogens with zero attached hydrogens (tertiary/aromatic N) is 1. The third-order valence-electron chi connectivity index (χ3n) is 3.62. The van der Waals surface area contributed by atoms with Crippen molar-refractivity contribution in [3.8, 4) is 0 Å². The summed E-state index contributed by atoms with van der Waals surface area (Å²) in [6, 6.07) is 0. The molecule has 15 heavy (non-hydrogen) atoms. The summed E-state index contributed by atoms with van der Waals surface area (Å²) in [4.78, 5) is 14.5. The van der Waals surface area contributed by atoms with Gasteiger partial charge in [0, 0.05) is 17.9 Å². The molecule has 0 amide bonds. The average Bonchev–Trinajstić information content (AvgIpc) is 2.44. The van der Waals surface area contributed by atoms with Crippen LogP contribution in [0.25, 0.3) is 0 Å². The van der Waals surface area contributed by atoms with Crippen LogP contribution in [-0.4, -0.2) is 30.3 Å². The molecular formula is C13H25NO. The van der Waals surface area contributed by atoms with Gasteiger partial charge in [0.15, 0.2) is 0 Å². The molecular weight excluding hydrogens is 186 g/mol. The number of hydrogen-bond donors (Lipinski definition) is 0. The van der Waals surface area contributed by atoms with Gasteiger partial charge in [0.1, 0.15) is 5.78 Å². The van der Waals surface area contributed by atoms with E-state index >= 15 is 0 Å². The van der Waals surface area contributed by atoms with E-state index < -0.39 is 0 Å². The zero-order valence-electron chi connectivity index (χ0n) is 10.7. The molecule has 2 heteroatoms. The molecule has 1 aliphatic rings. The minimum Gasteiger partial charge on any atom is -0.303 e. The topological polar surface area (TPSA) is 20.3 Å². The highest BCUT2D eigenvalue weighted by Crippen LogP contribution is 2.37. The fourth-order valence-electron chi connectivity index (χ4n) is 2.52. The Balaban J connectivity index is 2.49. The number of ketones is 1. The first-order chi connectivity index (χ1) is 7.01. The highest BCUT2D eigenvalue weighted by Gasteiger charge is 2.40. The van der Waals surface area contributed by atoms with Gasteiger partial charge in [0.25, 0.3) is 0 Å². The molecule has 1 fully saturated rings. The molecule has 88 valence electrons. The largest absolute Gasteiger partial charge is 0.303 e. The Morgan fingerprint density at radius 1 is 1.40 bits per heavy atom. The number of carbonyl (C=O) groups is 1. The van der Waals surface area contributed by atoms with Crippen LogP contribution in [0.1, 0.15) is 47.0 Å². The molecule has 1 unspecified atom stereocenters. The van der Waals surface area contributed by atoms with Gasteiger partial charge in [0.05, 0.1) is 0 Å². The summed E-state index contributed by atoms with van der Waals surface area (Å²) in [6.07, 6.45) is 3.34. The molecule has 1 aliphatic carbocycles. The molecule has 0 saturated heterocycles. The van der Waals surface area contributed by atoms with E-state index in [1.54, 1.807) is 0 Å². The first-order valence-electron chi connectivity index (χ1n) is 6.28. The number of hydrogen-bond acceptors (Lipinski definition) is 2. The van der Waals surface area contributed by atoms with Gasteiger partial charge in [-0.2, -0.15) is 0 Å². The lowest BCUT2D eigenvalue weighted by atomic mass is 9.89. The van der Waals surface area contributed by atoms with Crippen LogP contribution in [-0.2, 0) is 4.79 Å². The lowest BCUT2D eigenvalue weighted by molar-refractivity contribution is -0.127. The lowest BCUT2D eigenvalue weighted by Crippen LogP contribution is -2.34. The Morgan fingerprint density at radius 2 is 2.07 bits per heavy atom. The van der Waals surface area contributed by atoms with Crippen molar-refractivity contribution in [1.29, 1.82) is 0 Å². The molecule has 0 aliphatic heterocycles. The minimum absolute atomic E-state index is 0.0592. The zero-order valence-corrected chi connectivity index (χ0v) is 10.7. The summed E-state index contributed by atoms with van der Waals surface area (Å²) >= 11 is 0. The smallest absolute Gasteiger partial charge is 0.142 e. The monoisotopic (exact) mass is 211 g/mol. The number of Topliss-reactive ketones (excluding diaryl/α,β-unsaturated/α-hetero) is 1. The van der Waals surface area contributed by atoms with Crippen molar-refractivity contribution in [2.75, 3.05) is 19.6 Å². The zero-order chi connectivity index (χ0) is 11.5. The SMILES string of the molecule is CCCN(CC)CC1CCC(C)(C)C1=O. The second kappa shape index (κ2) is 5.11. The quantitative estimate of drug-likeness (QED) is 0.697. The van der Waals surface area contributed by atoms with E-state index in [1.165, 1.54) is 6.42 Å². The lowest BCUT2D eigenvalue weighted by Gasteiger charge is -2.23. The van der Waals surface area contributed by atoms with Gasteiger partial charge < -0.3 is 4.90 Å². The molecule has 0 bridgehead atoms. The molecule has 2 nitrogen and oxygen atoms in total. The first kappa shape index (κ1) is 12.7. The molecule has 0 aromatic heterocycles. The molecule has 1 saturated carbocycles. The molecule has 0 aromatic rings. The fraction of sp³-hybridized carbons (Fsp3) is 0.923. The predicted molar refractivity (Wildman–Crippen MR) is 63.9 cm³/mol. The van der Waals surface area contributed by atoms with Crippen LogP contribution in [0, 0.1) is 11.3 Å². The highest BCUT2D eigenvalue weighted by molar-refractivity contribution is 5.88. The summed E-state index contributed by atoms with van der Waals surface area (Å²) in [5.41, 5.74) is -0.0592. The summed E-state index contributed by atoms with van der Waals surface area (Å²) in [7, 11) is 0. The van der Waals surface area contributed by atoms with Crippen LogP contribution in [0.3, 0.4) is 0 Å². The van der Waals surface area contributed by atoms with Gasteiger partial charge in [0.2, 0.25) is 0 Å². The van der Waals surface area contributed by atoms with Crippen molar-refractivity contribution in [2.24, 2.45) is 11.3 Å². The summed E-state index contributed by atoms with van der Waals surface area (Å²) < 4.78 is 0. The van der Waals surface area contributed by atoms with Crippen LogP contribution < -0.4 is 0 Å². The van der Waals surface area contributed by atoms with Gasteiger partial charge in [-0.3, -0.25) is 4.79 Å². The Bertz CT molecular complexity index is 223. The van der Waals surface area contributed by atoms with Crippen LogP contribution >= 0.6 is 0 Å². The van der Waals surface area contributed by atoms with Gasteiger partial charge >= 0.3 is 0 Å². The van der Waals surface area contributed by atoms with Crippen molar-refractivity contribution in [3.05, 3.63) is 0 Å². The molecule has 0 N–H and O–H groups in total. The standard InChI is InChI=1S/C13H25NO/c1-5-9-14(6-2)10-11-7-8-13(3,4)12(11)15/h11H,5-10H2,1-4H3. The minimum atomic E-state index is -0.0592. The Hall–Kier alpha value is -0.370. The van der Waals surface area contributed by atoms with E-state index in [0.717, 1.165) is 32.5 Å². The third kappa shape index (κ3) is 3.04. The van der Waals surface area contributed by atoms with Gasteiger partial charge in [-0.05, 0) is 32.4 Å². The van der Waals surface area contributed by atoms with Crippen molar-refractivity contribution in [1.82, 2.24) is 4.90 Å². The van der Waals surface area contributed by atoms with E-state index in [9.17, 15) is 4.79 Å². The second-order valence-corrected chi connectivity index (χ2v) is 5.38. The number of rotatable bonds is 5. The van der Waals surface area contributed by atoms with Gasteiger partial charge in [-0.1, -0.05) is 27.7 Å². The third-order valence-corrected chi connectivity index (χ3v) is 3.62. The van der Waals surface area contributed by atoms with Gasteiger partial charge in [-0.25, -0.2) is 0 Å². The van der Waals surface area contributed by atoms with Crippen LogP contribution in [0.2, 0.25) is 0 Å². The van der Waals surface area contributed by atoms with Crippen LogP contribution in [0.4, 0.5) is 0 Å². The normalized spacial score (nSPS) is 25.1. The maximum absolute atomic E-state index is 12.1. The van der Waals surface area contributed by atoms with Gasteiger partial charge in [-0.15, -0.1) is 0 Å². The van der Waals surface area contributed by atoms with E-state index in [2.05, 4.69) is 32.6 Å². The average molecular weight is 211 g/mol. The Labute approximate surface area is 94.0 Å². The van der Waals surface area contributed by atoms with Crippen molar-refractivity contribution < 1.29 is 4.79 Å². The molecule has 1 rings (SSSR count). The first-order valence-corrected chi connectivity index (χ1v) is 6.28. The Morgan fingerprint density at radius 3 is 2.47 bits per heavy atom. The second-order valence-electron chi connectivity index (χ2n) is 5.38. The molecule has 0 heterocycles. The maximum atomic E-state index is 12.1. The molecule has 0 spiro atoms. The fourth-order valence-corrected chi connectivity index (χ4v) is 2.52. The summed E-state index contributed by atoms with van der Waals surface area (Å²) in [5, 5.41) is 0. The predicted octanol–water partition coefficient (Wildman–Crippen LogP) is 2.72. The maximum Gasteiger partial charge on any atom is 0.142 e. The molecule has 1 atom stereocenters. The van der Waals surface area contributed by atoms with Crippen LogP contribution in [0.15, 0.2) is 0 Å². The van der Waals surface area contributed by atoms with Crippen molar-refractivity contribution in [2.45, 2.75) is 47.0 Å². The Kier molecular flexibility index (Phi) is 4.32. The van der Waals surface area contributed by atoms with Crippen molar-refractivity contribution >= 4 is 5.78 Å². The van der Waals surface area contributed by atoms with E-state index in [1.807, 2.05) is 0 Å². The summed E-state index contributed by atoms with van der Waals surface area (Å²) in [5.74, 6) is 0.781. The summed E-state index contributed by atoms with van der Waals surface area (Å²) in [6.45, 7) is 11.7. The van der Waals surface area contributed by atoms with Crippen molar-refractivity contribution in [3.63, 3.8) is 0 Å². The van der Waals surface area contributed by atoms with E-state index in [-0.39, 0.29) is 5.41 Å². The molecule has 0 radical (unpaired) electrons. The highest BCUT2D eigenvalue weighted by atomic mass is 16.1. The molecule has 0 aromatic carbocycles. The van der Waals surface area contributed by atoms with E-state index in [0.29, 0.717) is 11.7 Å².